The number of nitrogens with zero attached hydrogens (tertiary/aromatic N) is 1. The number of carbonyl (C=O) groups excluding carboxylic acids is 1. The Morgan fingerprint density at radius 3 is 2.50 bits per heavy atom. The number of hydrogen-bond acceptors (Lipinski definition) is 5. The van der Waals surface area contributed by atoms with Gasteiger partial charge in [-0.05, 0) is 31.7 Å². The molecule has 146 valence electrons. The first kappa shape index (κ1) is 20.0. The molecule has 3 fully saturated rings. The van der Waals surface area contributed by atoms with Crippen molar-refractivity contribution in [3.8, 4) is 0 Å². The fourth-order valence-electron chi connectivity index (χ4n) is 4.03. The van der Waals surface area contributed by atoms with E-state index in [-0.39, 0.29) is 29.3 Å². The standard InChI is InChI=1S/C16H24N4O3S2.ClH/c21-16(19-13-7-11-1-2-12(8-13)18-11)15-9-14(10-17-15)25(22,23)20-3-5-24-6-4-20;/h9-13,17-18H,1-8H2,(H,19,21);1H. The predicted molar refractivity (Wildman–Crippen MR) is 105 cm³/mol. The zero-order valence-corrected chi connectivity index (χ0v) is 16.9. The molecule has 7 nitrogen and oxygen atoms in total. The van der Waals surface area contributed by atoms with E-state index < -0.39 is 10.0 Å². The average molecular weight is 421 g/mol. The van der Waals surface area contributed by atoms with Crippen LogP contribution in [0.4, 0.5) is 0 Å². The number of hydrogen-bond donors (Lipinski definition) is 3. The minimum Gasteiger partial charge on any atom is -0.356 e. The van der Waals surface area contributed by atoms with Crippen molar-refractivity contribution in [2.24, 2.45) is 0 Å². The first-order valence-electron chi connectivity index (χ1n) is 8.85. The maximum atomic E-state index is 12.7. The summed E-state index contributed by atoms with van der Waals surface area (Å²) < 4.78 is 26.8. The van der Waals surface area contributed by atoms with Crippen LogP contribution in [-0.2, 0) is 10.0 Å². The minimum atomic E-state index is -3.52. The van der Waals surface area contributed by atoms with Crippen molar-refractivity contribution in [1.29, 1.82) is 0 Å². The van der Waals surface area contributed by atoms with Crippen molar-refractivity contribution in [2.45, 2.75) is 48.7 Å². The van der Waals surface area contributed by atoms with Crippen LogP contribution in [0.3, 0.4) is 0 Å². The maximum absolute atomic E-state index is 12.7. The molecule has 2 bridgehead atoms. The molecule has 3 saturated heterocycles. The summed E-state index contributed by atoms with van der Waals surface area (Å²) >= 11 is 1.76. The van der Waals surface area contributed by atoms with Gasteiger partial charge in [-0.1, -0.05) is 0 Å². The molecule has 0 saturated carbocycles. The Labute approximate surface area is 164 Å². The fourth-order valence-corrected chi connectivity index (χ4v) is 6.60. The van der Waals surface area contributed by atoms with Crippen molar-refractivity contribution in [2.75, 3.05) is 24.6 Å². The van der Waals surface area contributed by atoms with E-state index in [1.165, 1.54) is 29.4 Å². The third-order valence-electron chi connectivity index (χ3n) is 5.32. The van der Waals surface area contributed by atoms with Gasteiger partial charge in [-0.15, -0.1) is 12.4 Å². The van der Waals surface area contributed by atoms with Crippen molar-refractivity contribution in [3.63, 3.8) is 0 Å². The number of aromatic nitrogens is 1. The lowest BCUT2D eigenvalue weighted by molar-refractivity contribution is 0.0919. The number of rotatable bonds is 4. The van der Waals surface area contributed by atoms with Crippen LogP contribution in [0.2, 0.25) is 0 Å². The summed E-state index contributed by atoms with van der Waals surface area (Å²) in [6.45, 7) is 1.05. The van der Waals surface area contributed by atoms with Gasteiger partial charge in [-0.3, -0.25) is 4.79 Å². The Bertz CT molecular complexity index is 736. The van der Waals surface area contributed by atoms with Crippen LogP contribution in [0.15, 0.2) is 17.2 Å². The number of fused-ring (bicyclic) bond motifs is 2. The van der Waals surface area contributed by atoms with Gasteiger partial charge in [0.05, 0.1) is 0 Å². The van der Waals surface area contributed by atoms with Gasteiger partial charge >= 0.3 is 0 Å². The molecule has 4 heterocycles. The van der Waals surface area contributed by atoms with Crippen LogP contribution < -0.4 is 10.6 Å². The van der Waals surface area contributed by atoms with E-state index in [4.69, 9.17) is 0 Å². The number of H-pyrrole nitrogens is 1. The number of thioether (sulfide) groups is 1. The number of aromatic amines is 1. The first-order valence-corrected chi connectivity index (χ1v) is 11.4. The van der Waals surface area contributed by atoms with E-state index in [0.29, 0.717) is 30.9 Å². The molecular formula is C16H25ClN4O3S2. The summed E-state index contributed by atoms with van der Waals surface area (Å²) in [6.07, 6.45) is 5.67. The molecule has 1 amide bonds. The SMILES string of the molecule is Cl.O=C(NC1CC2CCC(C1)N2)c1cc(S(=O)(=O)N2CCSCC2)c[nH]1. The van der Waals surface area contributed by atoms with Gasteiger partial charge in [0, 0.05) is 48.9 Å². The number of carbonyl (C=O) groups is 1. The molecule has 0 aromatic carbocycles. The summed E-state index contributed by atoms with van der Waals surface area (Å²) in [5.41, 5.74) is 0.316. The van der Waals surface area contributed by atoms with Gasteiger partial charge < -0.3 is 15.6 Å². The van der Waals surface area contributed by atoms with Gasteiger partial charge in [-0.2, -0.15) is 16.1 Å². The monoisotopic (exact) mass is 420 g/mol. The molecule has 4 rings (SSSR count). The van der Waals surface area contributed by atoms with E-state index in [1.807, 2.05) is 0 Å². The minimum absolute atomic E-state index is 0. The van der Waals surface area contributed by atoms with E-state index in [2.05, 4.69) is 15.6 Å². The Balaban J connectivity index is 0.00000196. The maximum Gasteiger partial charge on any atom is 0.267 e. The Hall–Kier alpha value is -0.740. The summed E-state index contributed by atoms with van der Waals surface area (Å²) in [6, 6.07) is 2.62. The average Bonchev–Trinajstić information content (AvgIpc) is 3.23. The predicted octanol–water partition coefficient (Wildman–Crippen LogP) is 1.19. The lowest BCUT2D eigenvalue weighted by Crippen LogP contribution is -2.48. The summed E-state index contributed by atoms with van der Waals surface area (Å²) in [5, 5.41) is 6.61. The smallest absolute Gasteiger partial charge is 0.267 e. The van der Waals surface area contributed by atoms with Crippen LogP contribution in [0.5, 0.6) is 0 Å². The molecular weight excluding hydrogens is 396 g/mol. The zero-order valence-electron chi connectivity index (χ0n) is 14.4. The highest BCUT2D eigenvalue weighted by molar-refractivity contribution is 7.99. The van der Waals surface area contributed by atoms with Crippen molar-refractivity contribution in [3.05, 3.63) is 18.0 Å². The highest BCUT2D eigenvalue weighted by Gasteiger charge is 2.34. The van der Waals surface area contributed by atoms with Crippen LogP contribution in [0.25, 0.3) is 0 Å². The number of halogens is 1. The highest BCUT2D eigenvalue weighted by atomic mass is 35.5. The molecule has 26 heavy (non-hydrogen) atoms. The van der Waals surface area contributed by atoms with Crippen molar-refractivity contribution < 1.29 is 13.2 Å². The Morgan fingerprint density at radius 2 is 1.85 bits per heavy atom. The van der Waals surface area contributed by atoms with Gasteiger partial charge in [0.25, 0.3) is 5.91 Å². The second kappa shape index (κ2) is 8.10. The molecule has 1 aromatic heterocycles. The van der Waals surface area contributed by atoms with E-state index in [0.717, 1.165) is 24.3 Å². The van der Waals surface area contributed by atoms with Crippen molar-refractivity contribution >= 4 is 40.1 Å². The molecule has 2 atom stereocenters. The van der Waals surface area contributed by atoms with E-state index >= 15 is 0 Å². The lowest BCUT2D eigenvalue weighted by atomic mass is 10.00. The number of amides is 1. The number of piperidine rings is 1. The van der Waals surface area contributed by atoms with Gasteiger partial charge in [-0.25, -0.2) is 8.42 Å². The molecule has 3 aliphatic rings. The quantitative estimate of drug-likeness (QED) is 0.680. The summed E-state index contributed by atoms with van der Waals surface area (Å²) in [5.74, 6) is 1.41. The molecule has 0 radical (unpaired) electrons. The topological polar surface area (TPSA) is 94.3 Å². The van der Waals surface area contributed by atoms with E-state index in [9.17, 15) is 13.2 Å². The Kier molecular flexibility index (Phi) is 6.23. The normalized spacial score (nSPS) is 29.2. The number of nitrogens with one attached hydrogen (secondary N) is 3. The molecule has 0 aliphatic carbocycles. The van der Waals surface area contributed by atoms with Gasteiger partial charge in [0.15, 0.2) is 0 Å². The van der Waals surface area contributed by atoms with Gasteiger partial charge in [0.1, 0.15) is 10.6 Å². The first-order chi connectivity index (χ1) is 12.0. The van der Waals surface area contributed by atoms with E-state index in [1.54, 1.807) is 11.8 Å². The summed E-state index contributed by atoms with van der Waals surface area (Å²) in [4.78, 5) is 15.5. The molecule has 3 aliphatic heterocycles. The van der Waals surface area contributed by atoms with Gasteiger partial charge in [0.2, 0.25) is 10.0 Å². The molecule has 10 heteroatoms. The fraction of sp³-hybridized carbons (Fsp3) is 0.688. The van der Waals surface area contributed by atoms with Crippen LogP contribution in [0.1, 0.15) is 36.2 Å². The van der Waals surface area contributed by atoms with Crippen molar-refractivity contribution in [1.82, 2.24) is 19.9 Å². The molecule has 3 N–H and O–H groups in total. The largest absolute Gasteiger partial charge is 0.356 e. The summed E-state index contributed by atoms with van der Waals surface area (Å²) in [7, 11) is -3.52. The zero-order chi connectivity index (χ0) is 17.4. The third kappa shape index (κ3) is 4.06. The van der Waals surface area contributed by atoms with Crippen LogP contribution in [-0.4, -0.2) is 66.3 Å². The lowest BCUT2D eigenvalue weighted by Gasteiger charge is -2.29. The number of sulfonamides is 1. The van der Waals surface area contributed by atoms with Crippen LogP contribution in [0, 0.1) is 0 Å². The second-order valence-electron chi connectivity index (χ2n) is 7.05. The molecule has 2 unspecified atom stereocenters. The van der Waals surface area contributed by atoms with Crippen LogP contribution >= 0.6 is 24.2 Å². The Morgan fingerprint density at radius 1 is 1.19 bits per heavy atom. The molecule has 0 spiro atoms. The highest BCUT2D eigenvalue weighted by Crippen LogP contribution is 2.27. The second-order valence-corrected chi connectivity index (χ2v) is 10.2. The molecule has 1 aromatic rings. The third-order valence-corrected chi connectivity index (χ3v) is 8.14.